The topological polar surface area (TPSA) is 109 Å². The molecule has 1 aliphatic heterocycles. The highest BCUT2D eigenvalue weighted by atomic mass is 16.3. The van der Waals surface area contributed by atoms with Gasteiger partial charge in [0.2, 0.25) is 0 Å². The summed E-state index contributed by atoms with van der Waals surface area (Å²) in [6.07, 6.45) is 3.17. The van der Waals surface area contributed by atoms with Crippen molar-refractivity contribution in [2.24, 2.45) is 0 Å². The number of fused-ring (bicyclic) bond motifs is 1. The Morgan fingerprint density at radius 2 is 1.22 bits per heavy atom. The summed E-state index contributed by atoms with van der Waals surface area (Å²) in [5.41, 5.74) is 6.39. The number of H-pyrrole nitrogens is 1. The van der Waals surface area contributed by atoms with Crippen LogP contribution in [0.15, 0.2) is 103 Å². The van der Waals surface area contributed by atoms with Crippen molar-refractivity contribution in [3.05, 3.63) is 114 Å². The van der Waals surface area contributed by atoms with Gasteiger partial charge >= 0.3 is 0 Å². The number of hydrogen-bond donors (Lipinski definition) is 5. The Kier molecular flexibility index (Phi) is 7.38. The van der Waals surface area contributed by atoms with Crippen LogP contribution in [0.25, 0.3) is 10.9 Å². The van der Waals surface area contributed by atoms with Gasteiger partial charge in [-0.3, -0.25) is 9.59 Å². The molecule has 1 aromatic heterocycles. The first kappa shape index (κ1) is 26.2. The number of hydrogen-bond acceptors (Lipinski definition) is 5. The molecule has 2 heterocycles. The number of aliphatic hydroxyl groups excluding tert-OH is 1. The van der Waals surface area contributed by atoms with Crippen molar-refractivity contribution in [2.45, 2.75) is 18.9 Å². The van der Waals surface area contributed by atoms with Crippen LogP contribution < -0.4 is 20.9 Å². The number of anilines is 5. The summed E-state index contributed by atoms with van der Waals surface area (Å²) in [7, 11) is 0. The van der Waals surface area contributed by atoms with E-state index in [0.717, 1.165) is 53.9 Å². The largest absolute Gasteiger partial charge is 0.393 e. The molecule has 8 heteroatoms. The molecule has 0 bridgehead atoms. The smallest absolute Gasteiger partial charge is 0.255 e. The molecule has 4 aromatic carbocycles. The Labute approximate surface area is 238 Å². The van der Waals surface area contributed by atoms with E-state index in [9.17, 15) is 14.7 Å². The second-order valence-electron chi connectivity index (χ2n) is 10.2. The molecule has 6 rings (SSSR count). The van der Waals surface area contributed by atoms with E-state index in [-0.39, 0.29) is 17.9 Å². The van der Waals surface area contributed by atoms with Crippen LogP contribution in [0.1, 0.15) is 33.6 Å². The first-order chi connectivity index (χ1) is 20.0. The lowest BCUT2D eigenvalue weighted by atomic mass is 10.1. The number of benzene rings is 4. The summed E-state index contributed by atoms with van der Waals surface area (Å²) in [6, 6.07) is 30.1. The minimum Gasteiger partial charge on any atom is -0.393 e. The zero-order valence-corrected chi connectivity index (χ0v) is 22.4. The van der Waals surface area contributed by atoms with E-state index in [2.05, 4.69) is 25.8 Å². The van der Waals surface area contributed by atoms with E-state index in [0.29, 0.717) is 22.5 Å². The highest BCUT2D eigenvalue weighted by Crippen LogP contribution is 2.24. The molecule has 1 saturated heterocycles. The van der Waals surface area contributed by atoms with E-state index in [1.54, 1.807) is 6.07 Å². The number of carbonyl (C=O) groups is 2. The molecule has 8 nitrogen and oxygen atoms in total. The molecular formula is C33H31N5O3. The lowest BCUT2D eigenvalue weighted by Gasteiger charge is -2.31. The standard InChI is InChI=1S/C33H31N5O3/c39-30-16-19-38(20-17-30)29-12-1-22(2-13-29)32(40)36-27-8-4-25(5-9-27)35-26-6-10-28(11-7-26)37-33(41)24-3-14-31-23(21-24)15-18-34-31/h1-15,18,21,30,34-35,39H,16-17,19-20H2,(H,36,40)(H,37,41). The Balaban J connectivity index is 1.01. The lowest BCUT2D eigenvalue weighted by Crippen LogP contribution is -2.35. The monoisotopic (exact) mass is 545 g/mol. The summed E-state index contributed by atoms with van der Waals surface area (Å²) in [5.74, 6) is -0.331. The van der Waals surface area contributed by atoms with Crippen molar-refractivity contribution < 1.29 is 14.7 Å². The highest BCUT2D eigenvalue weighted by Gasteiger charge is 2.17. The fourth-order valence-electron chi connectivity index (χ4n) is 4.99. The molecule has 0 aliphatic carbocycles. The molecule has 206 valence electrons. The van der Waals surface area contributed by atoms with Crippen molar-refractivity contribution in [1.82, 2.24) is 4.98 Å². The number of piperidine rings is 1. The number of rotatable bonds is 7. The van der Waals surface area contributed by atoms with Gasteiger partial charge in [0.25, 0.3) is 11.8 Å². The summed E-state index contributed by atoms with van der Waals surface area (Å²) in [6.45, 7) is 1.64. The maximum atomic E-state index is 12.8. The van der Waals surface area contributed by atoms with Crippen molar-refractivity contribution in [3.8, 4) is 0 Å². The number of aromatic amines is 1. The van der Waals surface area contributed by atoms with Crippen LogP contribution in [0, 0.1) is 0 Å². The number of carbonyl (C=O) groups excluding carboxylic acids is 2. The van der Waals surface area contributed by atoms with Crippen LogP contribution in [-0.2, 0) is 0 Å². The van der Waals surface area contributed by atoms with Crippen LogP contribution in [-0.4, -0.2) is 41.1 Å². The van der Waals surface area contributed by atoms with Gasteiger partial charge in [-0.2, -0.15) is 0 Å². The minimum absolute atomic E-state index is 0.162. The average molecular weight is 546 g/mol. The molecule has 5 aromatic rings. The summed E-state index contributed by atoms with van der Waals surface area (Å²) < 4.78 is 0. The fourth-order valence-corrected chi connectivity index (χ4v) is 4.99. The zero-order chi connectivity index (χ0) is 28.2. The van der Waals surface area contributed by atoms with E-state index >= 15 is 0 Å². The van der Waals surface area contributed by atoms with Crippen molar-refractivity contribution in [1.29, 1.82) is 0 Å². The van der Waals surface area contributed by atoms with E-state index in [4.69, 9.17) is 0 Å². The van der Waals surface area contributed by atoms with Gasteiger partial charge in [-0.05, 0) is 110 Å². The third-order valence-electron chi connectivity index (χ3n) is 7.35. The maximum Gasteiger partial charge on any atom is 0.255 e. The van der Waals surface area contributed by atoms with Crippen LogP contribution in [0.3, 0.4) is 0 Å². The Bertz CT molecular complexity index is 1650. The Morgan fingerprint density at radius 1 is 0.683 bits per heavy atom. The van der Waals surface area contributed by atoms with Gasteiger partial charge in [-0.25, -0.2) is 0 Å². The summed E-state index contributed by atoms with van der Waals surface area (Å²) >= 11 is 0. The van der Waals surface area contributed by atoms with Gasteiger partial charge in [0.1, 0.15) is 0 Å². The number of nitrogens with one attached hydrogen (secondary N) is 4. The van der Waals surface area contributed by atoms with Crippen molar-refractivity contribution in [3.63, 3.8) is 0 Å². The van der Waals surface area contributed by atoms with E-state index in [1.807, 2.05) is 97.2 Å². The maximum absolute atomic E-state index is 12.8. The second kappa shape index (κ2) is 11.6. The van der Waals surface area contributed by atoms with E-state index < -0.39 is 0 Å². The third kappa shape index (κ3) is 6.23. The van der Waals surface area contributed by atoms with Crippen molar-refractivity contribution >= 4 is 51.2 Å². The van der Waals surface area contributed by atoms with Crippen LogP contribution >= 0.6 is 0 Å². The molecule has 1 aliphatic rings. The van der Waals surface area contributed by atoms with E-state index in [1.165, 1.54) is 0 Å². The van der Waals surface area contributed by atoms with Crippen LogP contribution in [0.2, 0.25) is 0 Å². The molecule has 0 atom stereocenters. The molecule has 41 heavy (non-hydrogen) atoms. The van der Waals surface area contributed by atoms with Gasteiger partial charge in [-0.15, -0.1) is 0 Å². The molecule has 0 spiro atoms. The average Bonchev–Trinajstić information content (AvgIpc) is 3.48. The minimum atomic E-state index is -0.213. The van der Waals surface area contributed by atoms with Gasteiger partial charge < -0.3 is 30.9 Å². The van der Waals surface area contributed by atoms with Crippen molar-refractivity contribution in [2.75, 3.05) is 33.9 Å². The fraction of sp³-hybridized carbons (Fsp3) is 0.152. The van der Waals surface area contributed by atoms with Gasteiger partial charge in [0.05, 0.1) is 6.10 Å². The molecule has 0 radical (unpaired) electrons. The number of aliphatic hydroxyl groups is 1. The summed E-state index contributed by atoms with van der Waals surface area (Å²) in [4.78, 5) is 30.8. The predicted molar refractivity (Wildman–Crippen MR) is 164 cm³/mol. The molecular weight excluding hydrogens is 514 g/mol. The highest BCUT2D eigenvalue weighted by molar-refractivity contribution is 6.06. The van der Waals surface area contributed by atoms with Crippen LogP contribution in [0.4, 0.5) is 28.4 Å². The molecule has 5 N–H and O–H groups in total. The zero-order valence-electron chi connectivity index (χ0n) is 22.4. The quantitative estimate of drug-likeness (QED) is 0.163. The molecule has 0 unspecified atom stereocenters. The number of nitrogens with zero attached hydrogens (tertiary/aromatic N) is 1. The Hall–Kier alpha value is -5.08. The molecule has 2 amide bonds. The number of aromatic nitrogens is 1. The van der Waals surface area contributed by atoms with Gasteiger partial charge in [-0.1, -0.05) is 0 Å². The Morgan fingerprint density at radius 3 is 1.83 bits per heavy atom. The van der Waals surface area contributed by atoms with Gasteiger partial charge in [0.15, 0.2) is 0 Å². The SMILES string of the molecule is O=C(Nc1ccc(Nc2ccc(NC(=O)c3ccc4[nH]ccc4c3)cc2)cc1)c1ccc(N2CCC(O)CC2)cc1. The second-order valence-corrected chi connectivity index (χ2v) is 10.2. The first-order valence-corrected chi connectivity index (χ1v) is 13.7. The first-order valence-electron chi connectivity index (χ1n) is 13.7. The lowest BCUT2D eigenvalue weighted by molar-refractivity contribution is 0.101. The summed E-state index contributed by atoms with van der Waals surface area (Å²) in [5, 5.41) is 19.9. The number of amides is 2. The van der Waals surface area contributed by atoms with Gasteiger partial charge in [0, 0.05) is 69.8 Å². The van der Waals surface area contributed by atoms with Crippen LogP contribution in [0.5, 0.6) is 0 Å². The normalized spacial score (nSPS) is 13.6. The molecule has 0 saturated carbocycles. The molecule has 1 fully saturated rings. The predicted octanol–water partition coefficient (Wildman–Crippen LogP) is 6.38. The third-order valence-corrected chi connectivity index (χ3v) is 7.35.